The summed E-state index contributed by atoms with van der Waals surface area (Å²) in [6, 6.07) is -0.619. The topological polar surface area (TPSA) is 137 Å². The van der Waals surface area contributed by atoms with Gasteiger partial charge in [0.2, 0.25) is 0 Å². The van der Waals surface area contributed by atoms with E-state index >= 15 is 0 Å². The molecule has 118 valence electrons. The van der Waals surface area contributed by atoms with Crippen molar-refractivity contribution in [1.29, 1.82) is 0 Å². The SMILES string of the molecule is C[C@@H]1C[C@H](N)[C@@H](O[C@H]2O[C@H](CN)CC[C@H]2N)[C@H](O)[C@H]1O. The lowest BCUT2D eigenvalue weighted by atomic mass is 9.81. The molecule has 1 aliphatic carbocycles. The van der Waals surface area contributed by atoms with Crippen molar-refractivity contribution in [3.8, 4) is 0 Å². The molecular formula is C13H27N3O4. The predicted molar refractivity (Wildman–Crippen MR) is 73.6 cm³/mol. The first-order valence-corrected chi connectivity index (χ1v) is 7.32. The van der Waals surface area contributed by atoms with Crippen LogP contribution in [0, 0.1) is 5.92 Å². The number of aliphatic hydroxyl groups is 2. The van der Waals surface area contributed by atoms with Crippen LogP contribution in [0.4, 0.5) is 0 Å². The molecule has 7 nitrogen and oxygen atoms in total. The lowest BCUT2D eigenvalue weighted by molar-refractivity contribution is -0.254. The monoisotopic (exact) mass is 289 g/mol. The molecule has 1 aliphatic heterocycles. The van der Waals surface area contributed by atoms with Crippen molar-refractivity contribution in [2.75, 3.05) is 6.54 Å². The van der Waals surface area contributed by atoms with Crippen molar-refractivity contribution in [1.82, 2.24) is 0 Å². The van der Waals surface area contributed by atoms with Crippen LogP contribution >= 0.6 is 0 Å². The molecule has 0 bridgehead atoms. The summed E-state index contributed by atoms with van der Waals surface area (Å²) in [6.45, 7) is 2.27. The molecule has 0 unspecified atom stereocenters. The number of hydrogen-bond donors (Lipinski definition) is 5. The number of nitrogens with two attached hydrogens (primary N) is 3. The first-order chi connectivity index (χ1) is 9.43. The highest BCUT2D eigenvalue weighted by Crippen LogP contribution is 2.29. The Kier molecular flexibility index (Phi) is 5.36. The van der Waals surface area contributed by atoms with Crippen molar-refractivity contribution in [3.63, 3.8) is 0 Å². The van der Waals surface area contributed by atoms with Gasteiger partial charge in [0.1, 0.15) is 12.2 Å². The first kappa shape index (κ1) is 16.1. The van der Waals surface area contributed by atoms with E-state index in [0.717, 1.165) is 12.8 Å². The summed E-state index contributed by atoms with van der Waals surface area (Å²) in [5.41, 5.74) is 17.6. The molecule has 2 rings (SSSR count). The van der Waals surface area contributed by atoms with E-state index in [1.807, 2.05) is 6.92 Å². The fraction of sp³-hybridized carbons (Fsp3) is 1.00. The minimum Gasteiger partial charge on any atom is -0.390 e. The number of rotatable bonds is 3. The van der Waals surface area contributed by atoms with Crippen molar-refractivity contribution in [2.45, 2.75) is 69.0 Å². The molecule has 2 aliphatic rings. The molecule has 8 atom stereocenters. The van der Waals surface area contributed by atoms with Crippen molar-refractivity contribution in [3.05, 3.63) is 0 Å². The van der Waals surface area contributed by atoms with Gasteiger partial charge in [-0.05, 0) is 25.2 Å². The summed E-state index contributed by atoms with van der Waals surface area (Å²) in [5, 5.41) is 20.1. The quantitative estimate of drug-likeness (QED) is 0.415. The average molecular weight is 289 g/mol. The van der Waals surface area contributed by atoms with Gasteiger partial charge in [-0.3, -0.25) is 0 Å². The molecule has 20 heavy (non-hydrogen) atoms. The summed E-state index contributed by atoms with van der Waals surface area (Å²) in [5.74, 6) is -0.0578. The Hall–Kier alpha value is -0.280. The van der Waals surface area contributed by atoms with E-state index in [2.05, 4.69) is 0 Å². The Morgan fingerprint density at radius 1 is 1.15 bits per heavy atom. The van der Waals surface area contributed by atoms with Crippen LogP contribution in [0.5, 0.6) is 0 Å². The normalized spacial score (nSPS) is 50.1. The minimum atomic E-state index is -1.03. The Morgan fingerprint density at radius 3 is 2.50 bits per heavy atom. The van der Waals surface area contributed by atoms with Gasteiger partial charge in [0.05, 0.1) is 18.2 Å². The molecular weight excluding hydrogens is 262 g/mol. The van der Waals surface area contributed by atoms with E-state index in [1.54, 1.807) is 0 Å². The van der Waals surface area contributed by atoms with E-state index in [0.29, 0.717) is 13.0 Å². The standard InChI is InChI=1S/C13H27N3O4/c1-6-4-9(16)12(11(18)10(6)17)20-13-8(15)3-2-7(5-14)19-13/h6-13,17-18H,2-5,14-16H2,1H3/t6-,7+,8-,9+,10+,11-,12-,13-/m1/s1. The number of aliphatic hydroxyl groups excluding tert-OH is 2. The number of hydrogen-bond acceptors (Lipinski definition) is 7. The van der Waals surface area contributed by atoms with Gasteiger partial charge in [0.15, 0.2) is 6.29 Å². The van der Waals surface area contributed by atoms with E-state index in [1.165, 1.54) is 0 Å². The Morgan fingerprint density at radius 2 is 1.85 bits per heavy atom. The predicted octanol–water partition coefficient (Wildman–Crippen LogP) is -1.75. The van der Waals surface area contributed by atoms with Crippen LogP contribution in [0.2, 0.25) is 0 Å². The molecule has 0 amide bonds. The summed E-state index contributed by atoms with van der Waals surface area (Å²) < 4.78 is 11.5. The summed E-state index contributed by atoms with van der Waals surface area (Å²) in [4.78, 5) is 0. The van der Waals surface area contributed by atoms with Gasteiger partial charge in [-0.25, -0.2) is 0 Å². The van der Waals surface area contributed by atoms with Crippen molar-refractivity contribution in [2.24, 2.45) is 23.1 Å². The molecule has 1 saturated carbocycles. The van der Waals surface area contributed by atoms with E-state index in [-0.39, 0.29) is 24.1 Å². The summed E-state index contributed by atoms with van der Waals surface area (Å²) in [6.07, 6.45) is -1.11. The molecule has 0 spiro atoms. The maximum atomic E-state index is 10.1. The third kappa shape index (κ3) is 3.30. The molecule has 0 aromatic carbocycles. The molecule has 1 saturated heterocycles. The summed E-state index contributed by atoms with van der Waals surface area (Å²) in [7, 11) is 0. The fourth-order valence-corrected chi connectivity index (χ4v) is 3.00. The molecule has 0 radical (unpaired) electrons. The molecule has 2 fully saturated rings. The van der Waals surface area contributed by atoms with Gasteiger partial charge in [-0.2, -0.15) is 0 Å². The van der Waals surface area contributed by atoms with E-state index in [9.17, 15) is 10.2 Å². The van der Waals surface area contributed by atoms with Gasteiger partial charge in [0.25, 0.3) is 0 Å². The third-order valence-corrected chi connectivity index (χ3v) is 4.39. The number of ether oxygens (including phenoxy) is 2. The fourth-order valence-electron chi connectivity index (χ4n) is 3.00. The van der Waals surface area contributed by atoms with Crippen LogP contribution in [0.25, 0.3) is 0 Å². The zero-order valence-corrected chi connectivity index (χ0v) is 11.9. The van der Waals surface area contributed by atoms with Gasteiger partial charge < -0.3 is 36.9 Å². The molecule has 8 N–H and O–H groups in total. The first-order valence-electron chi connectivity index (χ1n) is 7.32. The Labute approximate surface area is 119 Å². The Bertz CT molecular complexity index is 320. The van der Waals surface area contributed by atoms with Crippen LogP contribution in [0.15, 0.2) is 0 Å². The second-order valence-corrected chi connectivity index (χ2v) is 6.06. The van der Waals surface area contributed by atoms with Gasteiger partial charge in [0, 0.05) is 12.6 Å². The van der Waals surface area contributed by atoms with E-state index < -0.39 is 24.6 Å². The second kappa shape index (κ2) is 6.65. The maximum absolute atomic E-state index is 10.1. The van der Waals surface area contributed by atoms with Crippen LogP contribution < -0.4 is 17.2 Å². The highest BCUT2D eigenvalue weighted by Gasteiger charge is 2.43. The van der Waals surface area contributed by atoms with Crippen LogP contribution in [0.1, 0.15) is 26.2 Å². The largest absolute Gasteiger partial charge is 0.390 e. The van der Waals surface area contributed by atoms with Gasteiger partial charge in [-0.1, -0.05) is 6.92 Å². The maximum Gasteiger partial charge on any atom is 0.173 e. The lowest BCUT2D eigenvalue weighted by Crippen LogP contribution is -2.60. The lowest BCUT2D eigenvalue weighted by Gasteiger charge is -2.43. The molecule has 0 aromatic rings. The van der Waals surface area contributed by atoms with Crippen molar-refractivity contribution < 1.29 is 19.7 Å². The second-order valence-electron chi connectivity index (χ2n) is 6.06. The molecule has 1 heterocycles. The summed E-state index contributed by atoms with van der Waals surface area (Å²) >= 11 is 0. The smallest absolute Gasteiger partial charge is 0.173 e. The van der Waals surface area contributed by atoms with Crippen LogP contribution in [0.3, 0.4) is 0 Å². The Balaban J connectivity index is 2.00. The molecule has 0 aromatic heterocycles. The van der Waals surface area contributed by atoms with E-state index in [4.69, 9.17) is 26.7 Å². The zero-order valence-electron chi connectivity index (χ0n) is 11.9. The molecule has 7 heteroatoms. The van der Waals surface area contributed by atoms with Gasteiger partial charge in [-0.15, -0.1) is 0 Å². The third-order valence-electron chi connectivity index (χ3n) is 4.39. The van der Waals surface area contributed by atoms with Crippen LogP contribution in [-0.4, -0.2) is 59.5 Å². The van der Waals surface area contributed by atoms with Crippen molar-refractivity contribution >= 4 is 0 Å². The zero-order chi connectivity index (χ0) is 14.9. The average Bonchev–Trinajstić information content (AvgIpc) is 2.43. The highest BCUT2D eigenvalue weighted by atomic mass is 16.7. The highest BCUT2D eigenvalue weighted by molar-refractivity contribution is 4.95. The van der Waals surface area contributed by atoms with Crippen LogP contribution in [-0.2, 0) is 9.47 Å². The minimum absolute atomic E-state index is 0.0578. The van der Waals surface area contributed by atoms with Gasteiger partial charge >= 0.3 is 0 Å².